The third-order valence-electron chi connectivity index (χ3n) is 5.85. The van der Waals surface area contributed by atoms with Gasteiger partial charge in [-0.3, -0.25) is 4.74 Å². The first-order chi connectivity index (χ1) is 21.1. The average molecular weight is 669 g/mol. The van der Waals surface area contributed by atoms with Gasteiger partial charge in [-0.05, 0) is 49.9 Å². The molecule has 1 aromatic carbocycles. The summed E-state index contributed by atoms with van der Waals surface area (Å²) in [7, 11) is 0. The van der Waals surface area contributed by atoms with Gasteiger partial charge in [0, 0.05) is 12.2 Å². The molecule has 0 spiro atoms. The molecule has 2 rings (SSSR count). The van der Waals surface area contributed by atoms with Gasteiger partial charge in [-0.2, -0.15) is 39.5 Å². The number of ether oxygens (including phenoxy) is 5. The third kappa shape index (κ3) is 13.9. The third-order valence-corrected chi connectivity index (χ3v) is 5.85. The van der Waals surface area contributed by atoms with Crippen LogP contribution in [0.15, 0.2) is 36.7 Å². The van der Waals surface area contributed by atoms with Crippen LogP contribution in [0.4, 0.5) is 43.9 Å². The molecule has 0 bridgehead atoms. The fourth-order valence-corrected chi connectivity index (χ4v) is 3.54. The molecule has 7 nitrogen and oxygen atoms in total. The van der Waals surface area contributed by atoms with Crippen LogP contribution in [0, 0.1) is 0 Å². The van der Waals surface area contributed by atoms with E-state index in [2.05, 4.69) is 31.1 Å². The molecule has 0 aliphatic heterocycles. The van der Waals surface area contributed by atoms with Gasteiger partial charge in [0.15, 0.2) is 11.6 Å². The summed E-state index contributed by atoms with van der Waals surface area (Å²) < 4.78 is 149. The van der Waals surface area contributed by atoms with Crippen molar-refractivity contribution in [2.45, 2.75) is 89.2 Å². The van der Waals surface area contributed by atoms with Gasteiger partial charge in [-0.25, -0.2) is 19.1 Å². The first-order valence-corrected chi connectivity index (χ1v) is 14.0. The predicted octanol–water partition coefficient (Wildman–Crippen LogP) is 8.73. The minimum Gasteiger partial charge on any atom is -0.494 e. The lowest BCUT2D eigenvalue weighted by Crippen LogP contribution is -2.52. The normalized spacial score (nSPS) is 13.6. The zero-order chi connectivity index (χ0) is 33.6. The van der Waals surface area contributed by atoms with Gasteiger partial charge in [0.2, 0.25) is 0 Å². The van der Waals surface area contributed by atoms with Crippen LogP contribution in [0.3, 0.4) is 0 Å². The number of benzene rings is 1. The van der Waals surface area contributed by atoms with Gasteiger partial charge in [0.1, 0.15) is 12.4 Å². The van der Waals surface area contributed by atoms with Gasteiger partial charge in [-0.1, -0.05) is 32.6 Å². The van der Waals surface area contributed by atoms with Crippen LogP contribution in [0.1, 0.15) is 58.3 Å². The van der Waals surface area contributed by atoms with E-state index in [1.807, 2.05) is 0 Å². The molecule has 0 fully saturated rings. The van der Waals surface area contributed by atoms with Crippen molar-refractivity contribution in [1.29, 1.82) is 0 Å². The number of halogens is 10. The molecule has 45 heavy (non-hydrogen) atoms. The Balaban J connectivity index is 1.63. The van der Waals surface area contributed by atoms with Crippen molar-refractivity contribution in [3.8, 4) is 22.9 Å². The summed E-state index contributed by atoms with van der Waals surface area (Å²) in [6, 6.07) is 6.91. The van der Waals surface area contributed by atoms with Crippen LogP contribution >= 0.6 is 0 Å². The first kappa shape index (κ1) is 38.3. The highest BCUT2D eigenvalue weighted by molar-refractivity contribution is 5.56. The summed E-state index contributed by atoms with van der Waals surface area (Å²) in [6.45, 7) is 0.630. The maximum atomic E-state index is 13.5. The highest BCUT2D eigenvalue weighted by Gasteiger charge is 2.67. The lowest BCUT2D eigenvalue weighted by atomic mass is 10.2. The molecule has 1 aromatic heterocycles. The van der Waals surface area contributed by atoms with Crippen LogP contribution in [0.5, 0.6) is 11.5 Å². The quantitative estimate of drug-likeness (QED) is 0.0918. The molecule has 0 amide bonds. The average Bonchev–Trinajstić information content (AvgIpc) is 2.95. The Morgan fingerprint density at radius 2 is 1.20 bits per heavy atom. The molecule has 1 heterocycles. The van der Waals surface area contributed by atoms with Crippen LogP contribution in [0.25, 0.3) is 11.4 Å². The van der Waals surface area contributed by atoms with Crippen LogP contribution < -0.4 is 9.47 Å². The summed E-state index contributed by atoms with van der Waals surface area (Å²) in [5, 5.41) is 0. The Labute approximate surface area is 253 Å². The fraction of sp³-hybridized carbons (Fsp3) is 0.643. The number of hydrogen-bond donors (Lipinski definition) is 0. The van der Waals surface area contributed by atoms with E-state index >= 15 is 0 Å². The van der Waals surface area contributed by atoms with E-state index in [1.165, 1.54) is 19.3 Å². The standard InChI is InChI=1S/C28H34F10N2O5/c1-2-3-4-5-8-16-43-22-17-39-23(40-18-22)20-10-12-21(13-11-20)42-15-9-6-7-14-41-19-25(30,31)45-28(37,38)27(35,36)44-24(29)26(32,33)34/h10-13,17-18,24H,2-9,14-16,19H2,1H3. The Morgan fingerprint density at radius 1 is 0.667 bits per heavy atom. The lowest BCUT2D eigenvalue weighted by Gasteiger charge is -2.30. The number of aromatic nitrogens is 2. The molecule has 0 saturated heterocycles. The van der Waals surface area contributed by atoms with Crippen molar-refractivity contribution < 1.29 is 67.6 Å². The zero-order valence-corrected chi connectivity index (χ0v) is 24.2. The van der Waals surface area contributed by atoms with Gasteiger partial charge in [0.25, 0.3) is 6.36 Å². The van der Waals surface area contributed by atoms with Crippen LogP contribution in [-0.2, 0) is 14.2 Å². The van der Waals surface area contributed by atoms with Crippen molar-refractivity contribution >= 4 is 0 Å². The van der Waals surface area contributed by atoms with Gasteiger partial charge in [0.05, 0.1) is 25.6 Å². The number of unbranched alkanes of at least 4 members (excludes halogenated alkanes) is 6. The largest absolute Gasteiger partial charge is 0.494 e. The molecule has 0 N–H and O–H groups in total. The number of nitrogens with zero attached hydrogens (tertiary/aromatic N) is 2. The Kier molecular flexibility index (Phi) is 15.0. The van der Waals surface area contributed by atoms with Crippen molar-refractivity contribution in [2.24, 2.45) is 0 Å². The summed E-state index contributed by atoms with van der Waals surface area (Å²) >= 11 is 0. The molecule has 0 aliphatic rings. The van der Waals surface area contributed by atoms with E-state index in [9.17, 15) is 43.9 Å². The Bertz CT molecular complexity index is 1110. The summed E-state index contributed by atoms with van der Waals surface area (Å²) in [6.07, 6.45) is -18.9. The molecular formula is C28H34F10N2O5. The molecule has 0 radical (unpaired) electrons. The van der Waals surface area contributed by atoms with Crippen molar-refractivity contribution in [1.82, 2.24) is 9.97 Å². The predicted molar refractivity (Wildman–Crippen MR) is 140 cm³/mol. The molecule has 0 aliphatic carbocycles. The maximum Gasteiger partial charge on any atom is 0.453 e. The summed E-state index contributed by atoms with van der Waals surface area (Å²) in [5.74, 6) is 1.61. The maximum absolute atomic E-state index is 13.5. The van der Waals surface area contributed by atoms with E-state index < -0.39 is 44.1 Å². The van der Waals surface area contributed by atoms with Crippen molar-refractivity contribution in [3.05, 3.63) is 36.7 Å². The van der Waals surface area contributed by atoms with Crippen LogP contribution in [-0.4, -0.2) is 67.3 Å². The monoisotopic (exact) mass is 668 g/mol. The smallest absolute Gasteiger partial charge is 0.453 e. The Morgan fingerprint density at radius 3 is 1.78 bits per heavy atom. The summed E-state index contributed by atoms with van der Waals surface area (Å²) in [5.41, 5.74) is 0.744. The summed E-state index contributed by atoms with van der Waals surface area (Å²) in [4.78, 5) is 8.62. The topological polar surface area (TPSA) is 71.9 Å². The zero-order valence-electron chi connectivity index (χ0n) is 24.2. The molecule has 1 atom stereocenters. The molecule has 17 heteroatoms. The molecule has 256 valence electrons. The van der Waals surface area contributed by atoms with E-state index in [-0.39, 0.29) is 13.0 Å². The highest BCUT2D eigenvalue weighted by atomic mass is 19.4. The second kappa shape index (κ2) is 17.7. The molecule has 2 aromatic rings. The van der Waals surface area contributed by atoms with Crippen molar-refractivity contribution in [3.63, 3.8) is 0 Å². The Hall–Kier alpha value is -2.92. The number of alkyl halides is 10. The van der Waals surface area contributed by atoms with E-state index in [0.29, 0.717) is 36.8 Å². The minimum atomic E-state index is -6.37. The first-order valence-electron chi connectivity index (χ1n) is 14.0. The van der Waals surface area contributed by atoms with E-state index in [4.69, 9.17) is 9.47 Å². The highest BCUT2D eigenvalue weighted by Crippen LogP contribution is 2.43. The SMILES string of the molecule is CCCCCCCOc1cnc(-c2ccc(OCCCCCOCC(F)(F)OC(F)(F)C(F)(F)OC(F)C(F)(F)F)cc2)nc1. The van der Waals surface area contributed by atoms with Gasteiger partial charge >= 0.3 is 24.5 Å². The van der Waals surface area contributed by atoms with Gasteiger partial charge < -0.3 is 14.2 Å². The van der Waals surface area contributed by atoms with Crippen molar-refractivity contribution in [2.75, 3.05) is 26.4 Å². The number of rotatable bonds is 22. The van der Waals surface area contributed by atoms with Crippen LogP contribution in [0.2, 0.25) is 0 Å². The molecule has 1 unspecified atom stereocenters. The second-order valence-electron chi connectivity index (χ2n) is 9.74. The minimum absolute atomic E-state index is 0.138. The van der Waals surface area contributed by atoms with E-state index in [1.54, 1.807) is 36.7 Å². The second-order valence-corrected chi connectivity index (χ2v) is 9.74. The molecular weight excluding hydrogens is 634 g/mol. The lowest BCUT2D eigenvalue weighted by molar-refractivity contribution is -0.503. The number of hydrogen-bond acceptors (Lipinski definition) is 7. The van der Waals surface area contributed by atoms with E-state index in [0.717, 1.165) is 18.4 Å². The molecule has 0 saturated carbocycles. The fourth-order valence-electron chi connectivity index (χ4n) is 3.54. The van der Waals surface area contributed by atoms with Gasteiger partial charge in [-0.15, -0.1) is 0 Å².